The predicted octanol–water partition coefficient (Wildman–Crippen LogP) is 3.76. The Bertz CT molecular complexity index is 770. The molecule has 1 N–H and O–H groups in total. The minimum atomic E-state index is -0.122. The maximum Gasteiger partial charge on any atom is 0.258 e. The van der Waals surface area contributed by atoms with E-state index in [9.17, 15) is 4.79 Å². The second-order valence-corrected chi connectivity index (χ2v) is 6.86. The lowest BCUT2D eigenvalue weighted by molar-refractivity contribution is -0.123. The first-order chi connectivity index (χ1) is 12.6. The summed E-state index contributed by atoms with van der Waals surface area (Å²) in [6, 6.07) is 12.2. The molecule has 0 radical (unpaired) electrons. The summed E-state index contributed by atoms with van der Waals surface area (Å²) in [6.45, 7) is 4.99. The zero-order valence-corrected chi connectivity index (χ0v) is 15.6. The van der Waals surface area contributed by atoms with E-state index in [0.717, 1.165) is 35.5 Å². The molecule has 0 saturated carbocycles. The summed E-state index contributed by atoms with van der Waals surface area (Å²) in [5.41, 5.74) is 4.88. The van der Waals surface area contributed by atoms with E-state index in [0.29, 0.717) is 13.2 Å². The fraction of sp³-hybridized carbons (Fsp3) is 0.409. The van der Waals surface area contributed by atoms with Crippen LogP contribution in [0.2, 0.25) is 0 Å². The van der Waals surface area contributed by atoms with Gasteiger partial charge in [0.25, 0.3) is 5.91 Å². The lowest BCUT2D eigenvalue weighted by Crippen LogP contribution is -2.32. The van der Waals surface area contributed by atoms with Crippen LogP contribution in [-0.2, 0) is 17.6 Å². The topological polar surface area (TPSA) is 47.6 Å². The molecule has 0 spiro atoms. The molecule has 0 heterocycles. The van der Waals surface area contributed by atoms with E-state index in [1.807, 2.05) is 38.1 Å². The number of benzene rings is 2. The van der Waals surface area contributed by atoms with E-state index in [1.165, 1.54) is 24.0 Å². The van der Waals surface area contributed by atoms with E-state index in [-0.39, 0.29) is 12.5 Å². The van der Waals surface area contributed by atoms with Crippen LogP contribution in [0.3, 0.4) is 0 Å². The minimum Gasteiger partial charge on any atom is -0.491 e. The number of fused-ring (bicyclic) bond motifs is 1. The number of hydrogen-bond acceptors (Lipinski definition) is 3. The highest BCUT2D eigenvalue weighted by molar-refractivity contribution is 5.77. The van der Waals surface area contributed by atoms with Gasteiger partial charge in [-0.25, -0.2) is 0 Å². The molecule has 0 fully saturated rings. The number of aryl methyl sites for hydroxylation is 3. The Hall–Kier alpha value is -2.49. The van der Waals surface area contributed by atoms with Gasteiger partial charge in [0.2, 0.25) is 0 Å². The third kappa shape index (κ3) is 4.78. The first-order valence-electron chi connectivity index (χ1n) is 9.34. The molecule has 1 aliphatic carbocycles. The average molecular weight is 353 g/mol. The maximum absolute atomic E-state index is 12.0. The van der Waals surface area contributed by atoms with Gasteiger partial charge >= 0.3 is 0 Å². The van der Waals surface area contributed by atoms with Crippen LogP contribution >= 0.6 is 0 Å². The summed E-state index contributed by atoms with van der Waals surface area (Å²) in [6.07, 6.45) is 4.57. The number of rotatable bonds is 7. The highest BCUT2D eigenvalue weighted by atomic mass is 16.5. The summed E-state index contributed by atoms with van der Waals surface area (Å²) in [5.74, 6) is 1.60. The first kappa shape index (κ1) is 18.3. The van der Waals surface area contributed by atoms with Crippen molar-refractivity contribution >= 4 is 5.91 Å². The van der Waals surface area contributed by atoms with Crippen molar-refractivity contribution in [3.63, 3.8) is 0 Å². The second-order valence-electron chi connectivity index (χ2n) is 6.86. The number of nitrogens with one attached hydrogen (secondary N) is 1. The van der Waals surface area contributed by atoms with Crippen molar-refractivity contribution in [3.05, 3.63) is 58.7 Å². The smallest absolute Gasteiger partial charge is 0.258 e. The van der Waals surface area contributed by atoms with E-state index in [1.54, 1.807) is 0 Å². The Kier molecular flexibility index (Phi) is 6.16. The lowest BCUT2D eigenvalue weighted by atomic mass is 9.91. The van der Waals surface area contributed by atoms with Gasteiger partial charge in [0.05, 0.1) is 6.54 Å². The number of ether oxygens (including phenoxy) is 2. The third-order valence-electron chi connectivity index (χ3n) is 4.74. The van der Waals surface area contributed by atoms with Crippen LogP contribution in [0, 0.1) is 13.8 Å². The largest absolute Gasteiger partial charge is 0.491 e. The van der Waals surface area contributed by atoms with Crippen LogP contribution < -0.4 is 14.8 Å². The predicted molar refractivity (Wildman–Crippen MR) is 103 cm³/mol. The van der Waals surface area contributed by atoms with E-state index >= 15 is 0 Å². The molecule has 0 unspecified atom stereocenters. The zero-order valence-electron chi connectivity index (χ0n) is 15.6. The number of carbonyl (C=O) groups is 1. The SMILES string of the molecule is Cc1ccc(C)c(OCCNC(=O)COc2cccc3c2CCCC3)c1. The normalized spacial score (nSPS) is 13.0. The molecule has 0 aromatic heterocycles. The Morgan fingerprint density at radius 1 is 1.04 bits per heavy atom. The molecule has 0 aliphatic heterocycles. The van der Waals surface area contributed by atoms with E-state index < -0.39 is 0 Å². The van der Waals surface area contributed by atoms with Crippen molar-refractivity contribution < 1.29 is 14.3 Å². The maximum atomic E-state index is 12.0. The highest BCUT2D eigenvalue weighted by Crippen LogP contribution is 2.29. The van der Waals surface area contributed by atoms with Crippen LogP contribution in [0.5, 0.6) is 11.5 Å². The summed E-state index contributed by atoms with van der Waals surface area (Å²) >= 11 is 0. The van der Waals surface area contributed by atoms with Crippen LogP contribution in [0.25, 0.3) is 0 Å². The van der Waals surface area contributed by atoms with Gasteiger partial charge in [-0.1, -0.05) is 24.3 Å². The van der Waals surface area contributed by atoms with Crippen molar-refractivity contribution in [2.75, 3.05) is 19.8 Å². The summed E-state index contributed by atoms with van der Waals surface area (Å²) in [4.78, 5) is 12.0. The Balaban J connectivity index is 1.42. The molecule has 2 aromatic rings. The number of hydrogen-bond donors (Lipinski definition) is 1. The molecule has 0 saturated heterocycles. The van der Waals surface area contributed by atoms with Gasteiger partial charge in [0, 0.05) is 0 Å². The first-order valence-corrected chi connectivity index (χ1v) is 9.34. The number of carbonyl (C=O) groups excluding carboxylic acids is 1. The molecule has 1 aliphatic rings. The monoisotopic (exact) mass is 353 g/mol. The average Bonchev–Trinajstić information content (AvgIpc) is 2.66. The molecule has 3 rings (SSSR count). The Morgan fingerprint density at radius 2 is 1.88 bits per heavy atom. The van der Waals surface area contributed by atoms with Gasteiger partial charge in [-0.3, -0.25) is 4.79 Å². The molecule has 4 heteroatoms. The van der Waals surface area contributed by atoms with E-state index in [4.69, 9.17) is 9.47 Å². The summed E-state index contributed by atoms with van der Waals surface area (Å²) in [5, 5.41) is 2.85. The van der Waals surface area contributed by atoms with Crippen LogP contribution in [0.15, 0.2) is 36.4 Å². The molecule has 26 heavy (non-hydrogen) atoms. The molecular formula is C22H27NO3. The van der Waals surface area contributed by atoms with E-state index in [2.05, 4.69) is 17.4 Å². The highest BCUT2D eigenvalue weighted by Gasteiger charge is 2.14. The zero-order chi connectivity index (χ0) is 18.4. The Labute approximate surface area is 155 Å². The van der Waals surface area contributed by atoms with Gasteiger partial charge in [-0.2, -0.15) is 0 Å². The summed E-state index contributed by atoms with van der Waals surface area (Å²) in [7, 11) is 0. The molecule has 0 bridgehead atoms. The van der Waals surface area contributed by atoms with Crippen molar-refractivity contribution in [2.45, 2.75) is 39.5 Å². The molecule has 0 atom stereocenters. The molecular weight excluding hydrogens is 326 g/mol. The van der Waals surface area contributed by atoms with Crippen LogP contribution in [0.4, 0.5) is 0 Å². The van der Waals surface area contributed by atoms with Gasteiger partial charge < -0.3 is 14.8 Å². The van der Waals surface area contributed by atoms with Gasteiger partial charge in [-0.05, 0) is 73.9 Å². The second kappa shape index (κ2) is 8.75. The third-order valence-corrected chi connectivity index (χ3v) is 4.74. The molecule has 2 aromatic carbocycles. The lowest BCUT2D eigenvalue weighted by Gasteiger charge is -2.19. The fourth-order valence-corrected chi connectivity index (χ4v) is 3.29. The fourth-order valence-electron chi connectivity index (χ4n) is 3.29. The van der Waals surface area contributed by atoms with Gasteiger partial charge in [0.15, 0.2) is 6.61 Å². The Morgan fingerprint density at radius 3 is 2.77 bits per heavy atom. The van der Waals surface area contributed by atoms with Crippen molar-refractivity contribution in [3.8, 4) is 11.5 Å². The molecule has 1 amide bonds. The standard InChI is InChI=1S/C22H27NO3/c1-16-10-11-17(2)21(14-16)25-13-12-23-22(24)15-26-20-9-5-7-18-6-3-4-8-19(18)20/h5,7,9-11,14H,3-4,6,8,12-13,15H2,1-2H3,(H,23,24). The van der Waals surface area contributed by atoms with Gasteiger partial charge in [-0.15, -0.1) is 0 Å². The van der Waals surface area contributed by atoms with Crippen LogP contribution in [0.1, 0.15) is 35.1 Å². The van der Waals surface area contributed by atoms with Crippen molar-refractivity contribution in [1.29, 1.82) is 0 Å². The minimum absolute atomic E-state index is 0.0416. The molecule has 4 nitrogen and oxygen atoms in total. The van der Waals surface area contributed by atoms with Crippen molar-refractivity contribution in [2.24, 2.45) is 0 Å². The molecule has 138 valence electrons. The quantitative estimate of drug-likeness (QED) is 0.771. The van der Waals surface area contributed by atoms with Crippen LogP contribution in [-0.4, -0.2) is 25.7 Å². The number of amides is 1. The van der Waals surface area contributed by atoms with Gasteiger partial charge in [0.1, 0.15) is 18.1 Å². The van der Waals surface area contributed by atoms with Crippen molar-refractivity contribution in [1.82, 2.24) is 5.32 Å². The summed E-state index contributed by atoms with van der Waals surface area (Å²) < 4.78 is 11.5.